The summed E-state index contributed by atoms with van der Waals surface area (Å²) in [6.45, 7) is 2.10. The third-order valence-electron chi connectivity index (χ3n) is 5.07. The van der Waals surface area contributed by atoms with Crippen LogP contribution in [0.15, 0.2) is 53.3 Å². The molecule has 5 heteroatoms. The maximum Gasteiger partial charge on any atom is 0.251 e. The summed E-state index contributed by atoms with van der Waals surface area (Å²) in [5.74, 6) is -0.0395. The fourth-order valence-electron chi connectivity index (χ4n) is 3.38. The molecule has 2 N–H and O–H groups in total. The molecule has 1 aromatic heterocycles. The SMILES string of the molecule is CC(NC(=O)c1ccc2nc[nH]c2c1)C1(c2ccc(Br)cc2)CC1. The van der Waals surface area contributed by atoms with Gasteiger partial charge in [-0.2, -0.15) is 0 Å². The number of nitrogens with zero attached hydrogens (tertiary/aromatic N) is 1. The molecule has 1 aliphatic carbocycles. The highest BCUT2D eigenvalue weighted by Gasteiger charge is 2.49. The van der Waals surface area contributed by atoms with Crippen molar-refractivity contribution in [3.05, 3.63) is 64.4 Å². The van der Waals surface area contributed by atoms with E-state index in [9.17, 15) is 4.79 Å². The first kappa shape index (κ1) is 15.4. The Balaban J connectivity index is 1.53. The van der Waals surface area contributed by atoms with Gasteiger partial charge >= 0.3 is 0 Å². The lowest BCUT2D eigenvalue weighted by Crippen LogP contribution is -2.41. The van der Waals surface area contributed by atoms with Crippen molar-refractivity contribution in [1.29, 1.82) is 0 Å². The van der Waals surface area contributed by atoms with E-state index < -0.39 is 0 Å². The number of hydrogen-bond donors (Lipinski definition) is 2. The summed E-state index contributed by atoms with van der Waals surface area (Å²) >= 11 is 3.48. The number of amides is 1. The molecule has 1 amide bonds. The van der Waals surface area contributed by atoms with Crippen molar-refractivity contribution in [3.8, 4) is 0 Å². The first-order valence-corrected chi connectivity index (χ1v) is 8.88. The van der Waals surface area contributed by atoms with Gasteiger partial charge in [-0.3, -0.25) is 4.79 Å². The molecule has 122 valence electrons. The summed E-state index contributed by atoms with van der Waals surface area (Å²) in [6.07, 6.45) is 3.85. The van der Waals surface area contributed by atoms with Crippen LogP contribution >= 0.6 is 15.9 Å². The topological polar surface area (TPSA) is 57.8 Å². The summed E-state index contributed by atoms with van der Waals surface area (Å²) in [5.41, 5.74) is 3.76. The standard InChI is InChI=1S/C19H18BrN3O/c1-12(19(8-9-19)14-3-5-15(20)6-4-14)23-18(24)13-2-7-16-17(10-13)22-11-21-16/h2-7,10-12H,8-9H2,1H3,(H,21,22)(H,23,24). The van der Waals surface area contributed by atoms with Crippen molar-refractivity contribution in [1.82, 2.24) is 15.3 Å². The molecule has 1 heterocycles. The van der Waals surface area contributed by atoms with Crippen LogP contribution in [0.2, 0.25) is 0 Å². The van der Waals surface area contributed by atoms with Gasteiger partial charge in [0.25, 0.3) is 5.91 Å². The number of imidazole rings is 1. The van der Waals surface area contributed by atoms with Gasteiger partial charge < -0.3 is 10.3 Å². The van der Waals surface area contributed by atoms with E-state index in [0.717, 1.165) is 28.3 Å². The second-order valence-electron chi connectivity index (χ2n) is 6.49. The van der Waals surface area contributed by atoms with Crippen molar-refractivity contribution < 1.29 is 4.79 Å². The Kier molecular flexibility index (Phi) is 3.68. The number of aromatic nitrogens is 2. The number of benzene rings is 2. The smallest absolute Gasteiger partial charge is 0.251 e. The summed E-state index contributed by atoms with van der Waals surface area (Å²) in [7, 11) is 0. The van der Waals surface area contributed by atoms with Crippen LogP contribution in [0.25, 0.3) is 11.0 Å². The number of H-pyrrole nitrogens is 1. The molecule has 1 aliphatic rings. The van der Waals surface area contributed by atoms with E-state index in [1.807, 2.05) is 18.2 Å². The highest BCUT2D eigenvalue weighted by Crippen LogP contribution is 2.51. The lowest BCUT2D eigenvalue weighted by molar-refractivity contribution is 0.0932. The van der Waals surface area contributed by atoms with Gasteiger partial charge in [-0.05, 0) is 55.7 Å². The molecule has 4 nitrogen and oxygen atoms in total. The lowest BCUT2D eigenvalue weighted by atomic mass is 9.89. The van der Waals surface area contributed by atoms with E-state index in [-0.39, 0.29) is 17.4 Å². The van der Waals surface area contributed by atoms with Gasteiger partial charge in [0, 0.05) is 21.5 Å². The van der Waals surface area contributed by atoms with Crippen LogP contribution in [0.1, 0.15) is 35.7 Å². The Labute approximate surface area is 148 Å². The molecular formula is C19H18BrN3O. The molecule has 0 aliphatic heterocycles. The normalized spacial score (nSPS) is 16.8. The Morgan fingerprint density at radius 2 is 2.00 bits per heavy atom. The largest absolute Gasteiger partial charge is 0.349 e. The van der Waals surface area contributed by atoms with Crippen LogP contribution in [0.4, 0.5) is 0 Å². The molecule has 0 bridgehead atoms. The van der Waals surface area contributed by atoms with Crippen LogP contribution in [0.3, 0.4) is 0 Å². The Morgan fingerprint density at radius 1 is 1.25 bits per heavy atom. The quantitative estimate of drug-likeness (QED) is 0.709. The number of hydrogen-bond acceptors (Lipinski definition) is 2. The zero-order valence-electron chi connectivity index (χ0n) is 13.3. The van der Waals surface area contributed by atoms with E-state index in [0.29, 0.717) is 5.56 Å². The molecular weight excluding hydrogens is 366 g/mol. The van der Waals surface area contributed by atoms with Crippen LogP contribution in [0, 0.1) is 0 Å². The second kappa shape index (κ2) is 5.74. The fraction of sp³-hybridized carbons (Fsp3) is 0.263. The average Bonchev–Trinajstić information content (AvgIpc) is 3.26. The van der Waals surface area contributed by atoms with E-state index in [1.54, 1.807) is 6.33 Å². The predicted octanol–water partition coefficient (Wildman–Crippen LogP) is 4.18. The highest BCUT2D eigenvalue weighted by molar-refractivity contribution is 9.10. The molecule has 0 radical (unpaired) electrons. The van der Waals surface area contributed by atoms with Gasteiger partial charge in [0.1, 0.15) is 0 Å². The maximum absolute atomic E-state index is 12.6. The zero-order valence-corrected chi connectivity index (χ0v) is 14.9. The van der Waals surface area contributed by atoms with E-state index in [4.69, 9.17) is 0 Å². The van der Waals surface area contributed by atoms with Gasteiger partial charge in [0.2, 0.25) is 0 Å². The number of fused-ring (bicyclic) bond motifs is 1. The zero-order chi connectivity index (χ0) is 16.7. The van der Waals surface area contributed by atoms with Crippen molar-refractivity contribution in [2.24, 2.45) is 0 Å². The van der Waals surface area contributed by atoms with Crippen molar-refractivity contribution in [2.75, 3.05) is 0 Å². The predicted molar refractivity (Wildman–Crippen MR) is 98.1 cm³/mol. The van der Waals surface area contributed by atoms with Gasteiger partial charge in [-0.25, -0.2) is 4.98 Å². The minimum atomic E-state index is -0.0395. The third kappa shape index (κ3) is 2.63. The molecule has 0 spiro atoms. The van der Waals surface area contributed by atoms with Crippen LogP contribution in [-0.4, -0.2) is 21.9 Å². The highest BCUT2D eigenvalue weighted by atomic mass is 79.9. The number of carbonyl (C=O) groups is 1. The molecule has 4 rings (SSSR count). The molecule has 2 aromatic carbocycles. The molecule has 0 saturated heterocycles. The maximum atomic E-state index is 12.6. The Hall–Kier alpha value is -2.14. The lowest BCUT2D eigenvalue weighted by Gasteiger charge is -2.25. The van der Waals surface area contributed by atoms with Crippen molar-refractivity contribution in [3.63, 3.8) is 0 Å². The Morgan fingerprint density at radius 3 is 2.71 bits per heavy atom. The third-order valence-corrected chi connectivity index (χ3v) is 5.60. The summed E-state index contributed by atoms with van der Waals surface area (Å²) in [4.78, 5) is 19.9. The van der Waals surface area contributed by atoms with Crippen LogP contribution in [0.5, 0.6) is 0 Å². The number of nitrogens with one attached hydrogen (secondary N) is 2. The van der Waals surface area contributed by atoms with Crippen LogP contribution < -0.4 is 5.32 Å². The summed E-state index contributed by atoms with van der Waals surface area (Å²) in [6, 6.07) is 14.1. The molecule has 1 atom stereocenters. The molecule has 1 fully saturated rings. The summed E-state index contributed by atoms with van der Waals surface area (Å²) < 4.78 is 1.08. The van der Waals surface area contributed by atoms with Gasteiger partial charge in [-0.15, -0.1) is 0 Å². The van der Waals surface area contributed by atoms with Gasteiger partial charge in [-0.1, -0.05) is 28.1 Å². The molecule has 24 heavy (non-hydrogen) atoms. The van der Waals surface area contributed by atoms with Crippen molar-refractivity contribution >= 4 is 32.9 Å². The molecule has 1 saturated carbocycles. The summed E-state index contributed by atoms with van der Waals surface area (Å²) in [5, 5.41) is 3.18. The molecule has 3 aromatic rings. The average molecular weight is 384 g/mol. The Bertz CT molecular complexity index is 896. The van der Waals surface area contributed by atoms with E-state index in [1.165, 1.54) is 5.56 Å². The number of aromatic amines is 1. The van der Waals surface area contributed by atoms with E-state index >= 15 is 0 Å². The number of rotatable bonds is 4. The van der Waals surface area contributed by atoms with Gasteiger partial charge in [0.15, 0.2) is 0 Å². The first-order chi connectivity index (χ1) is 11.6. The minimum absolute atomic E-state index is 0.0395. The number of halogens is 1. The fourth-order valence-corrected chi connectivity index (χ4v) is 3.65. The molecule has 1 unspecified atom stereocenters. The van der Waals surface area contributed by atoms with Crippen LogP contribution in [-0.2, 0) is 5.41 Å². The minimum Gasteiger partial charge on any atom is -0.349 e. The van der Waals surface area contributed by atoms with E-state index in [2.05, 4.69) is 62.4 Å². The van der Waals surface area contributed by atoms with Gasteiger partial charge in [0.05, 0.1) is 17.4 Å². The first-order valence-electron chi connectivity index (χ1n) is 8.08. The van der Waals surface area contributed by atoms with Crippen molar-refractivity contribution in [2.45, 2.75) is 31.2 Å². The monoisotopic (exact) mass is 383 g/mol. The second-order valence-corrected chi connectivity index (χ2v) is 7.41. The number of carbonyl (C=O) groups excluding carboxylic acids is 1.